The highest BCUT2D eigenvalue weighted by Gasteiger charge is 2.46. The molecule has 0 atom stereocenters. The zero-order valence-electron chi connectivity index (χ0n) is 25.5. The number of carbonyl (C=O) groups is 2. The topological polar surface area (TPSA) is 122 Å². The number of nitrogens with one attached hydrogen (secondary N) is 1. The minimum absolute atomic E-state index is 0.146. The van der Waals surface area contributed by atoms with Gasteiger partial charge in [0.05, 0.1) is 17.9 Å². The van der Waals surface area contributed by atoms with Crippen LogP contribution < -0.4 is 15.2 Å². The summed E-state index contributed by atoms with van der Waals surface area (Å²) < 4.78 is 32.0. The molecule has 14 heteroatoms. The number of rotatable bonds is 11. The van der Waals surface area contributed by atoms with Gasteiger partial charge in [-0.15, -0.1) is 11.3 Å². The molecule has 0 unspecified atom stereocenters. The second kappa shape index (κ2) is 14.8. The quantitative estimate of drug-likeness (QED) is 0.224. The van der Waals surface area contributed by atoms with Gasteiger partial charge in [0.25, 0.3) is 5.91 Å². The van der Waals surface area contributed by atoms with Gasteiger partial charge in [0.15, 0.2) is 5.75 Å². The molecule has 0 saturated carbocycles. The molecule has 0 bridgehead atoms. The Morgan fingerprint density at radius 2 is 1.63 bits per heavy atom. The first-order chi connectivity index (χ1) is 21.9. The van der Waals surface area contributed by atoms with Gasteiger partial charge in [0.1, 0.15) is 10.4 Å². The third-order valence-corrected chi connectivity index (χ3v) is 11.3. The number of nitrogens with zero attached hydrogens (tertiary/aromatic N) is 2. The van der Waals surface area contributed by atoms with E-state index in [0.717, 1.165) is 44.2 Å². The number of thiophene rings is 1. The molecule has 3 N–H and O–H groups in total. The summed E-state index contributed by atoms with van der Waals surface area (Å²) in [5.74, 6) is -0.188. The van der Waals surface area contributed by atoms with Crippen LogP contribution in [0.25, 0.3) is 21.6 Å². The number of piperidine rings is 2. The van der Waals surface area contributed by atoms with E-state index in [-0.39, 0.29) is 25.0 Å². The minimum Gasteiger partial charge on any atom is -0.491 e. The second-order valence-corrected chi connectivity index (χ2v) is 15.8. The van der Waals surface area contributed by atoms with Crippen LogP contribution in [-0.4, -0.2) is 81.2 Å². The Labute approximate surface area is 289 Å². The minimum atomic E-state index is -3.36. The number of carbonyl (C=O) groups excluding carboxylic acids is 2. The van der Waals surface area contributed by atoms with Crippen molar-refractivity contribution in [2.24, 2.45) is 5.73 Å². The number of primary amides is 1. The Morgan fingerprint density at radius 3 is 2.24 bits per heavy atom. The van der Waals surface area contributed by atoms with Crippen molar-refractivity contribution < 1.29 is 22.7 Å². The molecule has 3 heterocycles. The Hall–Kier alpha value is -2.38. The third-order valence-electron chi connectivity index (χ3n) is 8.60. The van der Waals surface area contributed by atoms with Crippen molar-refractivity contribution in [3.05, 3.63) is 62.4 Å². The fraction of sp³-hybridized carbons (Fsp3) is 0.438. The molecule has 2 aliphatic rings. The molecular weight excluding hydrogens is 691 g/mol. The Bertz CT molecular complexity index is 1680. The molecule has 248 valence electrons. The lowest BCUT2D eigenvalue weighted by molar-refractivity contribution is -0.134. The van der Waals surface area contributed by atoms with Gasteiger partial charge in [-0.1, -0.05) is 59.4 Å². The van der Waals surface area contributed by atoms with Crippen LogP contribution in [0.2, 0.25) is 15.1 Å². The maximum absolute atomic E-state index is 14.4. The number of amides is 2. The highest BCUT2D eigenvalue weighted by atomic mass is 35.5. The molecule has 2 fully saturated rings. The Morgan fingerprint density at radius 1 is 0.978 bits per heavy atom. The van der Waals surface area contributed by atoms with Crippen LogP contribution >= 0.6 is 46.1 Å². The lowest BCUT2D eigenvalue weighted by Crippen LogP contribution is -2.63. The largest absolute Gasteiger partial charge is 0.491 e. The van der Waals surface area contributed by atoms with Crippen molar-refractivity contribution in [2.75, 3.05) is 45.6 Å². The van der Waals surface area contributed by atoms with Crippen LogP contribution in [0.4, 0.5) is 0 Å². The standard InChI is InChI=1S/C32H37Cl3N4O5S2/c1-46(42,43)37-14-5-19-44-27-26(21-6-8-22(33)9-7-21)28(24-11-10-23(34)20-25(24)35)45-29(27)30(40)38-17-12-32(13-18-38,31(36)41)39-15-3-2-4-16-39/h6-11,20,37H,2-5,12-19H2,1H3,(H2,36,41). The molecule has 3 aromatic rings. The number of hydrogen-bond acceptors (Lipinski definition) is 7. The van der Waals surface area contributed by atoms with Crippen molar-refractivity contribution in [1.82, 2.24) is 14.5 Å². The van der Waals surface area contributed by atoms with E-state index < -0.39 is 15.6 Å². The van der Waals surface area contributed by atoms with Crippen molar-refractivity contribution in [1.29, 1.82) is 0 Å². The molecule has 2 aromatic carbocycles. The van der Waals surface area contributed by atoms with Crippen LogP contribution in [0.5, 0.6) is 5.75 Å². The van der Waals surface area contributed by atoms with Crippen molar-refractivity contribution in [2.45, 2.75) is 44.1 Å². The van der Waals surface area contributed by atoms with Crippen LogP contribution in [0, 0.1) is 0 Å². The van der Waals surface area contributed by atoms with Gasteiger partial charge in [-0.05, 0) is 75.0 Å². The molecule has 0 aliphatic carbocycles. The molecule has 1 aromatic heterocycles. The van der Waals surface area contributed by atoms with Crippen LogP contribution in [0.3, 0.4) is 0 Å². The summed E-state index contributed by atoms with van der Waals surface area (Å²) in [6.45, 7) is 2.69. The average Bonchev–Trinajstić information content (AvgIpc) is 3.39. The predicted molar refractivity (Wildman–Crippen MR) is 186 cm³/mol. The number of nitrogens with two attached hydrogens (primary N) is 1. The van der Waals surface area contributed by atoms with E-state index in [9.17, 15) is 18.0 Å². The fourth-order valence-corrected chi connectivity index (χ4v) is 8.68. The summed E-state index contributed by atoms with van der Waals surface area (Å²) >= 11 is 20.5. The van der Waals surface area contributed by atoms with Crippen molar-refractivity contribution >= 4 is 68.0 Å². The van der Waals surface area contributed by atoms with Gasteiger partial charge in [0, 0.05) is 45.7 Å². The number of ether oxygens (including phenoxy) is 1. The van der Waals surface area contributed by atoms with E-state index in [4.69, 9.17) is 45.3 Å². The summed E-state index contributed by atoms with van der Waals surface area (Å²) in [5.41, 5.74) is 7.35. The summed E-state index contributed by atoms with van der Waals surface area (Å²) in [5, 5.41) is 1.44. The Balaban J connectivity index is 1.53. The van der Waals surface area contributed by atoms with Crippen molar-refractivity contribution in [3.63, 3.8) is 0 Å². The Kier molecular flexibility index (Phi) is 11.2. The third kappa shape index (κ3) is 7.84. The van der Waals surface area contributed by atoms with Gasteiger partial charge in [-0.25, -0.2) is 13.1 Å². The number of hydrogen-bond donors (Lipinski definition) is 2. The summed E-state index contributed by atoms with van der Waals surface area (Å²) in [7, 11) is -3.36. The maximum Gasteiger partial charge on any atom is 0.267 e. The highest BCUT2D eigenvalue weighted by molar-refractivity contribution is 7.88. The molecule has 0 radical (unpaired) electrons. The predicted octanol–water partition coefficient (Wildman–Crippen LogP) is 6.31. The van der Waals surface area contributed by atoms with Gasteiger partial charge in [-0.2, -0.15) is 0 Å². The molecule has 2 amide bonds. The van der Waals surface area contributed by atoms with Gasteiger partial charge in [-0.3, -0.25) is 14.5 Å². The van der Waals surface area contributed by atoms with Gasteiger partial charge >= 0.3 is 0 Å². The van der Waals surface area contributed by atoms with E-state index in [2.05, 4.69) is 9.62 Å². The smallest absolute Gasteiger partial charge is 0.267 e. The lowest BCUT2D eigenvalue weighted by Gasteiger charge is -2.48. The molecule has 2 aliphatic heterocycles. The van der Waals surface area contributed by atoms with Gasteiger partial charge in [0.2, 0.25) is 15.9 Å². The SMILES string of the molecule is CS(=O)(=O)NCCCOc1c(C(=O)N2CCC(C(N)=O)(N3CCCCC3)CC2)sc(-c2ccc(Cl)cc2Cl)c1-c1ccc(Cl)cc1. The molecule has 9 nitrogen and oxygen atoms in total. The van der Waals surface area contributed by atoms with Crippen LogP contribution in [0.1, 0.15) is 48.2 Å². The number of likely N-dealkylation sites (tertiary alicyclic amines) is 2. The molecule has 2 saturated heterocycles. The molecular formula is C32H37Cl3N4O5S2. The second-order valence-electron chi connectivity index (χ2n) is 11.7. The van der Waals surface area contributed by atoms with E-state index >= 15 is 0 Å². The van der Waals surface area contributed by atoms with Crippen LogP contribution in [0.15, 0.2) is 42.5 Å². The van der Waals surface area contributed by atoms with Crippen molar-refractivity contribution in [3.8, 4) is 27.3 Å². The fourth-order valence-electron chi connectivity index (χ4n) is 6.20. The first-order valence-corrected chi connectivity index (χ1v) is 19.0. The monoisotopic (exact) mass is 726 g/mol. The van der Waals surface area contributed by atoms with E-state index in [1.54, 1.807) is 29.2 Å². The first-order valence-electron chi connectivity index (χ1n) is 15.2. The number of benzene rings is 2. The molecule has 5 rings (SSSR count). The number of halogens is 3. The molecule has 0 spiro atoms. The summed E-state index contributed by atoms with van der Waals surface area (Å²) in [6.07, 6.45) is 5.56. The van der Waals surface area contributed by atoms with Crippen LogP contribution in [-0.2, 0) is 14.8 Å². The van der Waals surface area contributed by atoms with Gasteiger partial charge < -0.3 is 15.4 Å². The van der Waals surface area contributed by atoms with E-state index in [1.165, 1.54) is 11.3 Å². The first kappa shape index (κ1) is 34.9. The van der Waals surface area contributed by atoms with E-state index in [1.807, 2.05) is 18.2 Å². The molecule has 46 heavy (non-hydrogen) atoms. The zero-order chi connectivity index (χ0) is 33.1. The summed E-state index contributed by atoms with van der Waals surface area (Å²) in [6, 6.07) is 12.4. The lowest BCUT2D eigenvalue weighted by atomic mass is 9.83. The maximum atomic E-state index is 14.4. The summed E-state index contributed by atoms with van der Waals surface area (Å²) in [4.78, 5) is 32.3. The average molecular weight is 728 g/mol. The number of sulfonamides is 1. The zero-order valence-corrected chi connectivity index (χ0v) is 29.4. The highest BCUT2D eigenvalue weighted by Crippen LogP contribution is 2.50. The normalized spacial score (nSPS) is 17.2. The van der Waals surface area contributed by atoms with E-state index in [0.29, 0.717) is 74.1 Å².